The maximum Gasteiger partial charge on any atom is 0.407 e. The summed E-state index contributed by atoms with van der Waals surface area (Å²) in [6, 6.07) is 43.4. The fourth-order valence-corrected chi connectivity index (χ4v) is 8.75. The molecule has 0 bridgehead atoms. The van der Waals surface area contributed by atoms with Crippen molar-refractivity contribution in [3.63, 3.8) is 0 Å². The van der Waals surface area contributed by atoms with Gasteiger partial charge in [0.1, 0.15) is 24.4 Å². The number of aliphatic carboxylic acids is 1. The number of carboxylic acid groups (broad SMARTS) is 1. The lowest BCUT2D eigenvalue weighted by Crippen LogP contribution is -2.56. The Kier molecular flexibility index (Phi) is 12.7. The second-order valence-electron chi connectivity index (χ2n) is 13.8. The number of nitrogens with one attached hydrogen (secondary N) is 3. The molecule has 56 heavy (non-hydrogen) atoms. The Labute approximate surface area is 331 Å². The minimum absolute atomic E-state index is 0.0304. The van der Waals surface area contributed by atoms with E-state index in [1.807, 2.05) is 127 Å². The van der Waals surface area contributed by atoms with Crippen molar-refractivity contribution in [1.29, 1.82) is 0 Å². The van der Waals surface area contributed by atoms with Crippen LogP contribution in [0.1, 0.15) is 54.5 Å². The van der Waals surface area contributed by atoms with Crippen LogP contribution in [-0.4, -0.2) is 53.4 Å². The third kappa shape index (κ3) is 8.56. The van der Waals surface area contributed by atoms with Crippen molar-refractivity contribution in [3.8, 4) is 11.1 Å². The number of amides is 3. The Hall–Kier alpha value is -6.13. The molecule has 9 nitrogen and oxygen atoms in total. The van der Waals surface area contributed by atoms with Gasteiger partial charge in [0.05, 0.1) is 4.75 Å². The molecule has 6 rings (SSSR count). The van der Waals surface area contributed by atoms with Crippen LogP contribution in [0.4, 0.5) is 4.79 Å². The van der Waals surface area contributed by atoms with Crippen LogP contribution in [-0.2, 0) is 23.9 Å². The van der Waals surface area contributed by atoms with E-state index < -0.39 is 46.6 Å². The number of thioether (sulfide) groups is 1. The van der Waals surface area contributed by atoms with Crippen molar-refractivity contribution < 1.29 is 29.0 Å². The molecule has 10 heteroatoms. The fraction of sp³-hybridized carbons (Fsp3) is 0.217. The Bertz CT molecular complexity index is 2050. The molecule has 0 saturated carbocycles. The predicted molar refractivity (Wildman–Crippen MR) is 220 cm³/mol. The number of hydrogen-bond acceptors (Lipinski definition) is 6. The number of benzene rings is 5. The van der Waals surface area contributed by atoms with Gasteiger partial charge in [-0.1, -0.05) is 159 Å². The number of alkyl carbamates (subject to hydrolysis) is 1. The van der Waals surface area contributed by atoms with Gasteiger partial charge < -0.3 is 25.8 Å². The van der Waals surface area contributed by atoms with E-state index in [0.29, 0.717) is 0 Å². The first kappa shape index (κ1) is 39.6. The van der Waals surface area contributed by atoms with E-state index in [1.165, 1.54) is 24.8 Å². The largest absolute Gasteiger partial charge is 0.477 e. The van der Waals surface area contributed by atoms with Crippen LogP contribution in [0.15, 0.2) is 151 Å². The molecular formula is C46H45N3O6S. The molecule has 5 aromatic rings. The molecular weight excluding hydrogens is 723 g/mol. The molecule has 3 amide bonds. The summed E-state index contributed by atoms with van der Waals surface area (Å²) in [6.45, 7) is 5.14. The average Bonchev–Trinajstić information content (AvgIpc) is 3.55. The lowest BCUT2D eigenvalue weighted by Gasteiger charge is -2.36. The topological polar surface area (TPSA) is 134 Å². The lowest BCUT2D eigenvalue weighted by molar-refractivity contribution is -0.135. The summed E-state index contributed by atoms with van der Waals surface area (Å²) in [7, 11) is 0. The van der Waals surface area contributed by atoms with Gasteiger partial charge in [-0.05, 0) is 51.8 Å². The molecule has 286 valence electrons. The number of carbonyl (C=O) groups excluding carboxylic acids is 3. The Morgan fingerprint density at radius 2 is 1.16 bits per heavy atom. The molecule has 0 spiro atoms. The molecule has 0 aromatic heterocycles. The number of ether oxygens (including phenoxy) is 1. The minimum atomic E-state index is -1.32. The highest BCUT2D eigenvalue weighted by atomic mass is 32.2. The number of carboxylic acids is 1. The van der Waals surface area contributed by atoms with Crippen molar-refractivity contribution in [2.75, 3.05) is 12.4 Å². The molecule has 0 radical (unpaired) electrons. The molecule has 0 saturated heterocycles. The first-order valence-corrected chi connectivity index (χ1v) is 19.6. The van der Waals surface area contributed by atoms with Gasteiger partial charge in [0, 0.05) is 11.7 Å². The van der Waals surface area contributed by atoms with Crippen molar-refractivity contribution in [2.45, 2.75) is 43.5 Å². The fourth-order valence-electron chi connectivity index (χ4n) is 7.19. The van der Waals surface area contributed by atoms with Gasteiger partial charge in [-0.15, -0.1) is 11.8 Å². The van der Waals surface area contributed by atoms with Crippen LogP contribution in [0.2, 0.25) is 0 Å². The van der Waals surface area contributed by atoms with Gasteiger partial charge >= 0.3 is 12.1 Å². The van der Waals surface area contributed by atoms with Gasteiger partial charge in [-0.25, -0.2) is 9.59 Å². The number of allylic oxidation sites excluding steroid dienone is 1. The molecule has 5 aromatic carbocycles. The van der Waals surface area contributed by atoms with Crippen LogP contribution in [0.5, 0.6) is 0 Å². The van der Waals surface area contributed by atoms with E-state index in [1.54, 1.807) is 13.8 Å². The highest BCUT2D eigenvalue weighted by Crippen LogP contribution is 2.49. The van der Waals surface area contributed by atoms with Gasteiger partial charge in [-0.3, -0.25) is 9.59 Å². The van der Waals surface area contributed by atoms with E-state index in [-0.39, 0.29) is 24.0 Å². The smallest absolute Gasteiger partial charge is 0.407 e. The molecule has 1 aliphatic carbocycles. The van der Waals surface area contributed by atoms with Crippen LogP contribution in [0.25, 0.3) is 11.1 Å². The Morgan fingerprint density at radius 1 is 0.696 bits per heavy atom. The Morgan fingerprint density at radius 3 is 1.61 bits per heavy atom. The average molecular weight is 768 g/mol. The molecule has 4 N–H and O–H groups in total. The van der Waals surface area contributed by atoms with E-state index in [4.69, 9.17) is 4.74 Å². The van der Waals surface area contributed by atoms with E-state index in [9.17, 15) is 24.3 Å². The second kappa shape index (κ2) is 18.0. The SMILES string of the molecule is C/C=C(\NC(=O)[C@H](CSC(c1ccccc1)(c1ccccc1)c1ccccc1)NC(=O)[C@@H](NC(=O)OCC1c2ccccc2-c2ccccc21)C(C)C)C(=O)O. The number of carbonyl (C=O) groups is 4. The van der Waals surface area contributed by atoms with Crippen LogP contribution >= 0.6 is 11.8 Å². The van der Waals surface area contributed by atoms with E-state index in [2.05, 4.69) is 28.1 Å². The van der Waals surface area contributed by atoms with Crippen LogP contribution < -0.4 is 16.0 Å². The number of rotatable bonds is 15. The lowest BCUT2D eigenvalue weighted by atomic mass is 9.84. The van der Waals surface area contributed by atoms with Crippen molar-refractivity contribution in [3.05, 3.63) is 179 Å². The third-order valence-corrected chi connectivity index (χ3v) is 11.6. The standard InChI is InChI=1S/C46H45N3O6S/c1-4-39(44(52)53)47-42(50)40(29-56-46(31-18-8-5-9-19-31,32-20-10-6-11-21-32)33-22-12-7-13-23-33)48-43(51)41(30(2)3)49-45(54)55-28-38-36-26-16-14-24-34(36)35-25-15-17-27-37(35)38/h4-27,30,38,40-41H,28-29H2,1-3H3,(H,47,50)(H,48,51)(H,49,54)(H,52,53)/b39-4-/t40-,41-/m0/s1. The molecule has 0 aliphatic heterocycles. The number of hydrogen-bond donors (Lipinski definition) is 4. The summed E-state index contributed by atoms with van der Waals surface area (Å²) in [4.78, 5) is 53.5. The van der Waals surface area contributed by atoms with Crippen molar-refractivity contribution in [1.82, 2.24) is 16.0 Å². The molecule has 0 fully saturated rings. The van der Waals surface area contributed by atoms with Gasteiger partial charge in [-0.2, -0.15) is 0 Å². The summed E-state index contributed by atoms with van der Waals surface area (Å²) in [6.07, 6.45) is 0.513. The minimum Gasteiger partial charge on any atom is -0.477 e. The zero-order chi connectivity index (χ0) is 39.7. The normalized spacial score (nSPS) is 13.5. The maximum atomic E-state index is 14.1. The molecule has 2 atom stereocenters. The highest BCUT2D eigenvalue weighted by molar-refractivity contribution is 8.00. The second-order valence-corrected chi connectivity index (χ2v) is 15.1. The van der Waals surface area contributed by atoms with Crippen LogP contribution in [0, 0.1) is 5.92 Å². The van der Waals surface area contributed by atoms with Gasteiger partial charge in [0.2, 0.25) is 11.8 Å². The highest BCUT2D eigenvalue weighted by Gasteiger charge is 2.39. The Balaban J connectivity index is 1.25. The maximum absolute atomic E-state index is 14.1. The first-order valence-electron chi connectivity index (χ1n) is 18.6. The summed E-state index contributed by atoms with van der Waals surface area (Å²) < 4.78 is 4.94. The van der Waals surface area contributed by atoms with Crippen LogP contribution in [0.3, 0.4) is 0 Å². The summed E-state index contributed by atoms with van der Waals surface area (Å²) in [5.74, 6) is -3.18. The van der Waals surface area contributed by atoms with E-state index >= 15 is 0 Å². The van der Waals surface area contributed by atoms with Gasteiger partial charge in [0.15, 0.2) is 0 Å². The third-order valence-electron chi connectivity index (χ3n) is 9.98. The zero-order valence-electron chi connectivity index (χ0n) is 31.5. The summed E-state index contributed by atoms with van der Waals surface area (Å²) >= 11 is 1.44. The summed E-state index contributed by atoms with van der Waals surface area (Å²) in [5.41, 5.74) is 6.84. The van der Waals surface area contributed by atoms with Gasteiger partial charge in [0.25, 0.3) is 0 Å². The zero-order valence-corrected chi connectivity index (χ0v) is 32.3. The van der Waals surface area contributed by atoms with E-state index in [0.717, 1.165) is 38.9 Å². The summed E-state index contributed by atoms with van der Waals surface area (Å²) in [5, 5.41) is 17.8. The number of fused-ring (bicyclic) bond motifs is 3. The first-order chi connectivity index (χ1) is 27.1. The van der Waals surface area contributed by atoms with Crippen molar-refractivity contribution in [2.24, 2.45) is 5.92 Å². The molecule has 1 aliphatic rings. The molecule has 0 unspecified atom stereocenters. The van der Waals surface area contributed by atoms with Crippen molar-refractivity contribution >= 4 is 35.6 Å². The molecule has 0 heterocycles. The predicted octanol–water partition coefficient (Wildman–Crippen LogP) is 7.86. The quantitative estimate of drug-likeness (QED) is 0.0630. The monoisotopic (exact) mass is 767 g/mol.